The Morgan fingerprint density at radius 2 is 1.68 bits per heavy atom. The average Bonchev–Trinajstić information content (AvgIpc) is 3.12. The molecule has 4 rings (SSSR count). The molecule has 2 heterocycles. The molecule has 2 aromatic heterocycles. The van der Waals surface area contributed by atoms with E-state index in [1.54, 1.807) is 24.3 Å². The number of carbonyl (C=O) groups excluding carboxylic acids is 1. The smallest absolute Gasteiger partial charge is 0.324 e. The number of benzene rings is 2. The number of anilines is 3. The zero-order valence-electron chi connectivity index (χ0n) is 15.4. The van der Waals surface area contributed by atoms with E-state index in [2.05, 4.69) is 25.6 Å². The number of nitrogens with one attached hydrogen (secondary N) is 3. The minimum absolute atomic E-state index is 0.206. The second-order valence-corrected chi connectivity index (χ2v) is 7.21. The van der Waals surface area contributed by atoms with E-state index in [0.717, 1.165) is 6.07 Å². The maximum atomic E-state index is 12.8. The number of fused-ring (bicyclic) bond motifs is 1. The summed E-state index contributed by atoms with van der Waals surface area (Å²) in [5.41, 5.74) is 0.661. The van der Waals surface area contributed by atoms with Crippen LogP contribution in [0.15, 0.2) is 54.6 Å². The predicted octanol–water partition coefficient (Wildman–Crippen LogP) is 6.28. The quantitative estimate of drug-likeness (QED) is 0.331. The summed E-state index contributed by atoms with van der Waals surface area (Å²) in [5, 5.41) is 6.16. The van der Waals surface area contributed by atoms with Crippen LogP contribution in [-0.4, -0.2) is 20.9 Å². The van der Waals surface area contributed by atoms with E-state index in [-0.39, 0.29) is 11.4 Å². The first-order valence-corrected chi connectivity index (χ1v) is 9.53. The van der Waals surface area contributed by atoms with Gasteiger partial charge in [0.05, 0.1) is 26.8 Å². The lowest BCUT2D eigenvalue weighted by molar-refractivity contribution is -0.141. The number of rotatable bonds is 4. The van der Waals surface area contributed by atoms with E-state index in [1.165, 1.54) is 24.3 Å². The van der Waals surface area contributed by atoms with E-state index in [9.17, 15) is 18.0 Å². The third-order valence-corrected chi connectivity index (χ3v) is 4.86. The Labute approximate surface area is 183 Å². The number of halogens is 5. The molecule has 0 unspecified atom stereocenters. The van der Waals surface area contributed by atoms with Gasteiger partial charge in [-0.2, -0.15) is 13.2 Å². The number of pyridine rings is 1. The molecule has 0 fully saturated rings. The van der Waals surface area contributed by atoms with Gasteiger partial charge in [0.2, 0.25) is 5.95 Å². The number of hydrogen-bond donors (Lipinski definition) is 3. The topological polar surface area (TPSA) is 82.7 Å². The highest BCUT2D eigenvalue weighted by Gasteiger charge is 2.32. The van der Waals surface area contributed by atoms with Crippen LogP contribution in [0.4, 0.5) is 30.6 Å². The first-order chi connectivity index (χ1) is 14.7. The number of amides is 1. The number of nitrogens with zero attached hydrogens (tertiary/aromatic N) is 2. The summed E-state index contributed by atoms with van der Waals surface area (Å²) in [5.74, 6) is -0.477. The van der Waals surface area contributed by atoms with E-state index in [4.69, 9.17) is 23.2 Å². The van der Waals surface area contributed by atoms with Crippen molar-refractivity contribution in [2.75, 3.05) is 10.6 Å². The van der Waals surface area contributed by atoms with Gasteiger partial charge in [-0.3, -0.25) is 4.79 Å². The summed E-state index contributed by atoms with van der Waals surface area (Å²) >= 11 is 12.3. The fourth-order valence-electron chi connectivity index (χ4n) is 2.80. The summed E-state index contributed by atoms with van der Waals surface area (Å²) in [6, 6.07) is 12.9. The van der Waals surface area contributed by atoms with Crippen LogP contribution in [0.5, 0.6) is 0 Å². The first kappa shape index (κ1) is 21.0. The van der Waals surface area contributed by atoms with Gasteiger partial charge in [-0.1, -0.05) is 35.3 Å². The lowest BCUT2D eigenvalue weighted by Crippen LogP contribution is -2.15. The van der Waals surface area contributed by atoms with Crippen molar-refractivity contribution in [1.82, 2.24) is 15.0 Å². The van der Waals surface area contributed by atoms with Crippen molar-refractivity contribution < 1.29 is 18.0 Å². The second kappa shape index (κ2) is 8.09. The van der Waals surface area contributed by atoms with E-state index in [0.29, 0.717) is 32.7 Å². The highest BCUT2D eigenvalue weighted by Crippen LogP contribution is 2.32. The molecule has 0 atom stereocenters. The highest BCUT2D eigenvalue weighted by atomic mass is 35.5. The first-order valence-electron chi connectivity index (χ1n) is 8.77. The Hall–Kier alpha value is -3.30. The van der Waals surface area contributed by atoms with Crippen LogP contribution in [0.3, 0.4) is 0 Å². The zero-order chi connectivity index (χ0) is 22.2. The van der Waals surface area contributed by atoms with Crippen LogP contribution >= 0.6 is 23.2 Å². The molecule has 4 aromatic rings. The van der Waals surface area contributed by atoms with Crippen LogP contribution in [0.25, 0.3) is 11.0 Å². The monoisotopic (exact) mass is 465 g/mol. The van der Waals surface area contributed by atoms with Gasteiger partial charge in [0.25, 0.3) is 5.91 Å². The van der Waals surface area contributed by atoms with Crippen LogP contribution in [0.1, 0.15) is 16.1 Å². The minimum atomic E-state index is -4.61. The Bertz CT molecular complexity index is 1270. The fourth-order valence-corrected chi connectivity index (χ4v) is 3.29. The number of aromatic amines is 1. The lowest BCUT2D eigenvalue weighted by atomic mass is 10.2. The van der Waals surface area contributed by atoms with Gasteiger partial charge in [-0.05, 0) is 42.5 Å². The fraction of sp³-hybridized carbons (Fsp3) is 0.0500. The number of carbonyl (C=O) groups is 1. The van der Waals surface area contributed by atoms with Crippen LogP contribution in [0, 0.1) is 0 Å². The van der Waals surface area contributed by atoms with Gasteiger partial charge in [0, 0.05) is 5.56 Å². The second-order valence-electron chi connectivity index (χ2n) is 6.40. The largest absolute Gasteiger partial charge is 0.433 e. The summed E-state index contributed by atoms with van der Waals surface area (Å²) in [4.78, 5) is 23.3. The van der Waals surface area contributed by atoms with Crippen molar-refractivity contribution in [2.24, 2.45) is 0 Å². The third kappa shape index (κ3) is 4.57. The molecule has 1 amide bonds. The molecular formula is C20H12Cl2F3N5O. The Morgan fingerprint density at radius 1 is 0.968 bits per heavy atom. The maximum Gasteiger partial charge on any atom is 0.433 e. The van der Waals surface area contributed by atoms with Crippen molar-refractivity contribution >= 4 is 57.6 Å². The molecule has 2 aromatic carbocycles. The Kier molecular flexibility index (Phi) is 5.47. The molecule has 0 bridgehead atoms. The number of imidazole rings is 1. The normalized spacial score (nSPS) is 11.5. The molecule has 11 heteroatoms. The summed E-state index contributed by atoms with van der Waals surface area (Å²) < 4.78 is 38.4. The van der Waals surface area contributed by atoms with Crippen LogP contribution in [0.2, 0.25) is 10.0 Å². The molecule has 158 valence electrons. The SMILES string of the molecule is O=C(Nc1cccc(C(F)(F)F)n1)c1ccc2nc(Nc3c(Cl)cccc3Cl)[nH]c2c1. The molecule has 0 aliphatic rings. The third-order valence-electron chi connectivity index (χ3n) is 4.23. The molecule has 0 saturated carbocycles. The molecule has 3 N–H and O–H groups in total. The molecule has 6 nitrogen and oxygen atoms in total. The summed E-state index contributed by atoms with van der Waals surface area (Å²) in [6.45, 7) is 0. The molecule has 0 aliphatic heterocycles. The number of para-hydroxylation sites is 1. The molecule has 0 radical (unpaired) electrons. The maximum absolute atomic E-state index is 12.8. The van der Waals surface area contributed by atoms with Crippen molar-refractivity contribution in [3.63, 3.8) is 0 Å². The van der Waals surface area contributed by atoms with E-state index >= 15 is 0 Å². The van der Waals surface area contributed by atoms with Crippen molar-refractivity contribution in [3.05, 3.63) is 75.9 Å². The van der Waals surface area contributed by atoms with Gasteiger partial charge in [-0.15, -0.1) is 0 Å². The van der Waals surface area contributed by atoms with Crippen molar-refractivity contribution in [1.29, 1.82) is 0 Å². The van der Waals surface area contributed by atoms with Crippen LogP contribution in [-0.2, 0) is 6.18 Å². The summed E-state index contributed by atoms with van der Waals surface area (Å²) in [6.07, 6.45) is -4.61. The van der Waals surface area contributed by atoms with E-state index < -0.39 is 17.8 Å². The van der Waals surface area contributed by atoms with E-state index in [1.807, 2.05) is 0 Å². The van der Waals surface area contributed by atoms with Crippen LogP contribution < -0.4 is 10.6 Å². The minimum Gasteiger partial charge on any atom is -0.324 e. The number of H-pyrrole nitrogens is 1. The van der Waals surface area contributed by atoms with Gasteiger partial charge >= 0.3 is 6.18 Å². The molecule has 31 heavy (non-hydrogen) atoms. The molecule has 0 aliphatic carbocycles. The average molecular weight is 466 g/mol. The Balaban J connectivity index is 1.56. The Morgan fingerprint density at radius 3 is 2.39 bits per heavy atom. The number of hydrogen-bond acceptors (Lipinski definition) is 4. The van der Waals surface area contributed by atoms with Crippen molar-refractivity contribution in [2.45, 2.75) is 6.18 Å². The van der Waals surface area contributed by atoms with Crippen molar-refractivity contribution in [3.8, 4) is 0 Å². The highest BCUT2D eigenvalue weighted by molar-refractivity contribution is 6.39. The number of alkyl halides is 3. The zero-order valence-corrected chi connectivity index (χ0v) is 16.9. The standard InChI is InChI=1S/C20H12Cl2F3N5O/c21-11-3-1-4-12(22)17(11)30-19-26-13-8-7-10(9-14(13)27-19)18(31)29-16-6-2-5-15(28-16)20(23,24)25/h1-9H,(H2,26,27,30)(H,28,29,31). The van der Waals surface area contributed by atoms with Gasteiger partial charge < -0.3 is 15.6 Å². The van der Waals surface area contributed by atoms with Gasteiger partial charge in [0.1, 0.15) is 11.5 Å². The van der Waals surface area contributed by atoms with Gasteiger partial charge in [-0.25, -0.2) is 9.97 Å². The molecule has 0 saturated heterocycles. The lowest BCUT2D eigenvalue weighted by Gasteiger charge is -2.08. The molecule has 0 spiro atoms. The predicted molar refractivity (Wildman–Crippen MR) is 113 cm³/mol. The van der Waals surface area contributed by atoms with Gasteiger partial charge in [0.15, 0.2) is 0 Å². The number of aromatic nitrogens is 3. The molecular weight excluding hydrogens is 454 g/mol. The summed E-state index contributed by atoms with van der Waals surface area (Å²) in [7, 11) is 0.